The number of rotatable bonds is 5. The number of esters is 1. The molecule has 4 rings (SSSR count). The van der Waals surface area contributed by atoms with Crippen molar-refractivity contribution < 1.29 is 63.9 Å². The molecule has 6 unspecified atom stereocenters. The number of carbonyl (C=O) groups excluding carboxylic acids is 1. The van der Waals surface area contributed by atoms with Gasteiger partial charge in [-0.2, -0.15) is 0 Å². The van der Waals surface area contributed by atoms with Gasteiger partial charge in [-0.15, -0.1) is 0 Å². The molecule has 0 spiro atoms. The van der Waals surface area contributed by atoms with Crippen LogP contribution in [-0.2, 0) is 33.2 Å². The van der Waals surface area contributed by atoms with Gasteiger partial charge in [0.15, 0.2) is 12.6 Å². The SMILES string of the molecule is CC(=O)OCC1OCC[C@H](O)[C@@H]1O.CO[C@@H]1OC(C)C(O[C@@H]2OC3CCC(C)(C)C[C@H]3[C@@H](O)C2O)[C@@H](O)C1O. The van der Waals surface area contributed by atoms with Gasteiger partial charge in [-0.1, -0.05) is 13.8 Å². The monoisotopic (exact) mass is 566 g/mol. The lowest BCUT2D eigenvalue weighted by Crippen LogP contribution is -2.63. The lowest BCUT2D eigenvalue weighted by atomic mass is 9.67. The van der Waals surface area contributed by atoms with Crippen LogP contribution in [0.3, 0.4) is 0 Å². The molecule has 4 fully saturated rings. The summed E-state index contributed by atoms with van der Waals surface area (Å²) in [5.41, 5.74) is 0.0973. The van der Waals surface area contributed by atoms with E-state index >= 15 is 0 Å². The van der Waals surface area contributed by atoms with Crippen LogP contribution in [0.25, 0.3) is 0 Å². The van der Waals surface area contributed by atoms with Crippen LogP contribution >= 0.6 is 0 Å². The first-order chi connectivity index (χ1) is 18.3. The largest absolute Gasteiger partial charge is 0.463 e. The van der Waals surface area contributed by atoms with Gasteiger partial charge in [-0.05, 0) is 38.0 Å². The molecule has 0 aromatic rings. The molecular weight excluding hydrogens is 520 g/mol. The van der Waals surface area contributed by atoms with Crippen LogP contribution in [-0.4, -0.2) is 131 Å². The van der Waals surface area contributed by atoms with Gasteiger partial charge in [-0.3, -0.25) is 4.79 Å². The molecule has 0 bridgehead atoms. The molecule has 0 aromatic carbocycles. The van der Waals surface area contributed by atoms with Gasteiger partial charge < -0.3 is 59.1 Å². The van der Waals surface area contributed by atoms with Gasteiger partial charge in [0.1, 0.15) is 43.2 Å². The number of fused-ring (bicyclic) bond motifs is 1. The molecule has 0 amide bonds. The highest BCUT2D eigenvalue weighted by Crippen LogP contribution is 2.45. The average molecular weight is 567 g/mol. The highest BCUT2D eigenvalue weighted by Gasteiger charge is 2.52. The van der Waals surface area contributed by atoms with Gasteiger partial charge in [0.05, 0.1) is 24.4 Å². The van der Waals surface area contributed by atoms with Crippen molar-refractivity contribution in [2.45, 2.75) is 127 Å². The van der Waals surface area contributed by atoms with Crippen molar-refractivity contribution in [2.24, 2.45) is 11.3 Å². The normalized spacial score (nSPS) is 45.9. The number of carbonyl (C=O) groups is 1. The maximum atomic E-state index is 10.6. The second kappa shape index (κ2) is 13.8. The molecule has 13 heteroatoms. The van der Waals surface area contributed by atoms with Gasteiger partial charge in [0.2, 0.25) is 0 Å². The Morgan fingerprint density at radius 1 is 0.923 bits per heavy atom. The summed E-state index contributed by atoms with van der Waals surface area (Å²) in [5.74, 6) is -0.571. The Hall–Kier alpha value is -0.970. The smallest absolute Gasteiger partial charge is 0.302 e. The van der Waals surface area contributed by atoms with E-state index in [0.29, 0.717) is 13.0 Å². The Morgan fingerprint density at radius 3 is 2.23 bits per heavy atom. The third-order valence-electron chi connectivity index (χ3n) is 8.02. The Labute approximate surface area is 228 Å². The van der Waals surface area contributed by atoms with E-state index < -0.39 is 73.5 Å². The molecule has 0 radical (unpaired) electrons. The first-order valence-corrected chi connectivity index (χ1v) is 13.6. The molecule has 4 aliphatic rings. The zero-order valence-corrected chi connectivity index (χ0v) is 23.3. The minimum atomic E-state index is -1.28. The summed E-state index contributed by atoms with van der Waals surface area (Å²) in [4.78, 5) is 10.5. The number of hydrogen-bond donors (Lipinski definition) is 6. The fourth-order valence-electron chi connectivity index (χ4n) is 5.65. The maximum absolute atomic E-state index is 10.6. The van der Waals surface area contributed by atoms with Gasteiger partial charge in [0, 0.05) is 26.6 Å². The molecule has 39 heavy (non-hydrogen) atoms. The van der Waals surface area contributed by atoms with Crippen molar-refractivity contribution >= 4 is 5.97 Å². The summed E-state index contributed by atoms with van der Waals surface area (Å²) >= 11 is 0. The van der Waals surface area contributed by atoms with Crippen molar-refractivity contribution in [3.63, 3.8) is 0 Å². The van der Waals surface area contributed by atoms with Gasteiger partial charge in [0.25, 0.3) is 0 Å². The molecule has 3 aliphatic heterocycles. The number of methoxy groups -OCH3 is 1. The van der Waals surface area contributed by atoms with E-state index in [1.807, 2.05) is 0 Å². The molecule has 13 nitrogen and oxygen atoms in total. The predicted octanol–water partition coefficient (Wildman–Crippen LogP) is -1.18. The Kier molecular flexibility index (Phi) is 11.5. The summed E-state index contributed by atoms with van der Waals surface area (Å²) < 4.78 is 32.0. The van der Waals surface area contributed by atoms with E-state index in [0.717, 1.165) is 19.3 Å². The van der Waals surface area contributed by atoms with Crippen molar-refractivity contribution in [3.8, 4) is 0 Å². The summed E-state index contributed by atoms with van der Waals surface area (Å²) in [5, 5.41) is 60.2. The van der Waals surface area contributed by atoms with Gasteiger partial charge in [-0.25, -0.2) is 0 Å². The topological polar surface area (TPSA) is 194 Å². The fraction of sp³-hybridized carbons (Fsp3) is 0.962. The molecule has 1 aliphatic carbocycles. The Morgan fingerprint density at radius 2 is 1.59 bits per heavy atom. The zero-order valence-electron chi connectivity index (χ0n) is 23.3. The van der Waals surface area contributed by atoms with E-state index in [2.05, 4.69) is 18.6 Å². The standard InChI is InChI=1S/C18H32O8.C8H14O5/c1-8-15(12(20)14(22)16(23-4)24-8)26-17-13(21)11(19)9-7-18(2,3)6-5-10(9)25-17;1-5(9)13-4-7-8(11)6(10)2-3-12-7/h8-17,19-22H,5-7H2,1-4H3;6-8,10-11H,2-4H2,1H3/t8?,9-,10?,11-,12+,13?,14?,15?,16-,17+;6-,7?,8-/m10/s1. The highest BCUT2D eigenvalue weighted by molar-refractivity contribution is 5.65. The molecule has 228 valence electrons. The summed E-state index contributed by atoms with van der Waals surface area (Å²) in [6.45, 7) is 7.64. The predicted molar refractivity (Wildman–Crippen MR) is 133 cm³/mol. The maximum Gasteiger partial charge on any atom is 0.302 e. The molecule has 13 atom stereocenters. The fourth-order valence-corrected chi connectivity index (χ4v) is 5.65. The van der Waals surface area contributed by atoms with Crippen molar-refractivity contribution in [1.29, 1.82) is 0 Å². The van der Waals surface area contributed by atoms with Crippen molar-refractivity contribution in [3.05, 3.63) is 0 Å². The summed E-state index contributed by atoms with van der Waals surface area (Å²) in [6.07, 6.45) is -7.94. The molecule has 0 aromatic heterocycles. The number of hydrogen-bond acceptors (Lipinski definition) is 13. The van der Waals surface area contributed by atoms with E-state index in [4.69, 9.17) is 23.7 Å². The molecule has 6 N–H and O–H groups in total. The average Bonchev–Trinajstić information content (AvgIpc) is 2.88. The summed E-state index contributed by atoms with van der Waals surface area (Å²) in [6, 6.07) is 0. The van der Waals surface area contributed by atoms with Crippen LogP contribution in [0.5, 0.6) is 0 Å². The number of ether oxygens (including phenoxy) is 6. The molecule has 3 heterocycles. The van der Waals surface area contributed by atoms with E-state index in [9.17, 15) is 35.4 Å². The van der Waals surface area contributed by atoms with E-state index in [-0.39, 0.29) is 24.0 Å². The lowest BCUT2D eigenvalue weighted by Gasteiger charge is -2.50. The van der Waals surface area contributed by atoms with E-state index in [1.54, 1.807) is 6.92 Å². The van der Waals surface area contributed by atoms with Crippen LogP contribution in [0.15, 0.2) is 0 Å². The van der Waals surface area contributed by atoms with Crippen LogP contribution in [0.1, 0.15) is 53.4 Å². The molecular formula is C26H46O13. The molecule has 1 saturated carbocycles. The first kappa shape index (κ1) is 32.5. The first-order valence-electron chi connectivity index (χ1n) is 13.6. The van der Waals surface area contributed by atoms with Crippen LogP contribution in [0, 0.1) is 11.3 Å². The van der Waals surface area contributed by atoms with Gasteiger partial charge >= 0.3 is 5.97 Å². The number of aliphatic hydroxyl groups excluding tert-OH is 6. The third-order valence-corrected chi connectivity index (χ3v) is 8.02. The Balaban J connectivity index is 0.000000272. The van der Waals surface area contributed by atoms with E-state index in [1.165, 1.54) is 14.0 Å². The second-order valence-electron chi connectivity index (χ2n) is 11.7. The minimum absolute atomic E-state index is 0.00639. The highest BCUT2D eigenvalue weighted by atomic mass is 16.7. The quantitative estimate of drug-likeness (QED) is 0.218. The van der Waals surface area contributed by atoms with Crippen molar-refractivity contribution in [1.82, 2.24) is 0 Å². The second-order valence-corrected chi connectivity index (χ2v) is 11.7. The summed E-state index contributed by atoms with van der Waals surface area (Å²) in [7, 11) is 1.38. The lowest BCUT2D eigenvalue weighted by molar-refractivity contribution is -0.351. The van der Waals surface area contributed by atoms with Crippen molar-refractivity contribution in [2.75, 3.05) is 20.3 Å². The third kappa shape index (κ3) is 8.07. The number of aliphatic hydroxyl groups is 6. The minimum Gasteiger partial charge on any atom is -0.463 e. The van der Waals surface area contributed by atoms with Crippen LogP contribution < -0.4 is 0 Å². The van der Waals surface area contributed by atoms with Crippen LogP contribution in [0.4, 0.5) is 0 Å². The van der Waals surface area contributed by atoms with Crippen LogP contribution in [0.2, 0.25) is 0 Å². The molecule has 3 saturated heterocycles. The Bertz CT molecular complexity index is 779. The zero-order chi connectivity index (χ0) is 29.1.